The first-order valence-corrected chi connectivity index (χ1v) is 5.69. The number of hydrogen-bond acceptors (Lipinski definition) is 3. The van der Waals surface area contributed by atoms with Crippen LogP contribution in [0.4, 0.5) is 0 Å². The third-order valence-corrected chi connectivity index (χ3v) is 3.35. The van der Waals surface area contributed by atoms with Gasteiger partial charge in [0, 0.05) is 17.4 Å². The predicted molar refractivity (Wildman–Crippen MR) is 54.8 cm³/mol. The van der Waals surface area contributed by atoms with Crippen LogP contribution in [0.15, 0.2) is 5.16 Å². The van der Waals surface area contributed by atoms with Crippen molar-refractivity contribution in [3.05, 3.63) is 0 Å². The van der Waals surface area contributed by atoms with Crippen LogP contribution < -0.4 is 0 Å². The highest BCUT2D eigenvalue weighted by Gasteiger charge is 2.19. The standard InChI is InChI=1S/C9H17NOS/c1-4-8(3)11-10-9-6-12-5-7(9)2/h7-8H,4-6H2,1-3H3/b10-9-. The Hall–Kier alpha value is -0.180. The summed E-state index contributed by atoms with van der Waals surface area (Å²) in [5.41, 5.74) is 1.22. The van der Waals surface area contributed by atoms with Crippen molar-refractivity contribution in [2.45, 2.75) is 33.3 Å². The quantitative estimate of drug-likeness (QED) is 0.633. The molecule has 0 aromatic heterocycles. The zero-order chi connectivity index (χ0) is 8.97. The van der Waals surface area contributed by atoms with Gasteiger partial charge in [-0.2, -0.15) is 11.8 Å². The van der Waals surface area contributed by atoms with E-state index in [1.165, 1.54) is 11.5 Å². The number of hydrogen-bond donors (Lipinski definition) is 0. The molecule has 2 unspecified atom stereocenters. The number of nitrogens with zero attached hydrogens (tertiary/aromatic N) is 1. The molecule has 12 heavy (non-hydrogen) atoms. The fourth-order valence-electron chi connectivity index (χ4n) is 0.927. The molecule has 2 nitrogen and oxygen atoms in total. The summed E-state index contributed by atoms with van der Waals surface area (Å²) in [4.78, 5) is 5.32. The zero-order valence-electron chi connectivity index (χ0n) is 8.04. The summed E-state index contributed by atoms with van der Waals surface area (Å²) >= 11 is 1.94. The van der Waals surface area contributed by atoms with E-state index in [0.29, 0.717) is 5.92 Å². The molecule has 3 heteroatoms. The Morgan fingerprint density at radius 2 is 2.50 bits per heavy atom. The van der Waals surface area contributed by atoms with Gasteiger partial charge < -0.3 is 4.84 Å². The van der Waals surface area contributed by atoms with Crippen molar-refractivity contribution in [2.75, 3.05) is 11.5 Å². The molecule has 1 aliphatic heterocycles. The van der Waals surface area contributed by atoms with Crippen LogP contribution in [0.1, 0.15) is 27.2 Å². The van der Waals surface area contributed by atoms with Crippen LogP contribution in [0.25, 0.3) is 0 Å². The third kappa shape index (κ3) is 2.70. The van der Waals surface area contributed by atoms with Crippen molar-refractivity contribution in [3.8, 4) is 0 Å². The number of oxime groups is 1. The zero-order valence-corrected chi connectivity index (χ0v) is 8.86. The second-order valence-electron chi connectivity index (χ2n) is 3.32. The molecule has 0 saturated carbocycles. The van der Waals surface area contributed by atoms with Gasteiger partial charge in [0.05, 0.1) is 5.71 Å². The largest absolute Gasteiger partial charge is 0.393 e. The van der Waals surface area contributed by atoms with Gasteiger partial charge in [-0.15, -0.1) is 0 Å². The van der Waals surface area contributed by atoms with Crippen molar-refractivity contribution in [3.63, 3.8) is 0 Å². The number of thioether (sulfide) groups is 1. The molecule has 0 aliphatic carbocycles. The van der Waals surface area contributed by atoms with E-state index < -0.39 is 0 Å². The maximum Gasteiger partial charge on any atom is 0.124 e. The molecule has 0 amide bonds. The molecule has 0 aromatic carbocycles. The van der Waals surface area contributed by atoms with E-state index in [0.717, 1.165) is 12.2 Å². The minimum Gasteiger partial charge on any atom is -0.393 e. The molecule has 0 spiro atoms. The average molecular weight is 187 g/mol. The first-order valence-electron chi connectivity index (χ1n) is 4.54. The lowest BCUT2D eigenvalue weighted by molar-refractivity contribution is 0.0690. The maximum atomic E-state index is 5.32. The summed E-state index contributed by atoms with van der Waals surface area (Å²) < 4.78 is 0. The molecule has 1 fully saturated rings. The summed E-state index contributed by atoms with van der Waals surface area (Å²) in [6.45, 7) is 6.37. The van der Waals surface area contributed by atoms with Crippen molar-refractivity contribution in [1.82, 2.24) is 0 Å². The Bertz CT molecular complexity index is 170. The van der Waals surface area contributed by atoms with Crippen molar-refractivity contribution in [1.29, 1.82) is 0 Å². The molecule has 0 aromatic rings. The fraction of sp³-hybridized carbons (Fsp3) is 0.889. The van der Waals surface area contributed by atoms with Crippen LogP contribution in [-0.4, -0.2) is 23.3 Å². The molecule has 1 saturated heterocycles. The normalized spacial score (nSPS) is 29.2. The molecule has 1 rings (SSSR count). The first-order chi connectivity index (χ1) is 5.74. The van der Waals surface area contributed by atoms with Gasteiger partial charge in [-0.25, -0.2) is 0 Å². The van der Waals surface area contributed by atoms with Crippen molar-refractivity contribution in [2.24, 2.45) is 11.1 Å². The van der Waals surface area contributed by atoms with E-state index in [1.807, 2.05) is 11.8 Å². The van der Waals surface area contributed by atoms with E-state index in [4.69, 9.17) is 4.84 Å². The number of rotatable bonds is 3. The molecule has 0 N–H and O–H groups in total. The summed E-state index contributed by atoms with van der Waals surface area (Å²) in [5, 5.41) is 4.17. The Kier molecular flexibility index (Phi) is 3.92. The summed E-state index contributed by atoms with van der Waals surface area (Å²) in [6.07, 6.45) is 1.29. The highest BCUT2D eigenvalue weighted by atomic mass is 32.2. The lowest BCUT2D eigenvalue weighted by atomic mass is 10.1. The Balaban J connectivity index is 2.35. The summed E-state index contributed by atoms with van der Waals surface area (Å²) in [5.74, 6) is 2.86. The molecular weight excluding hydrogens is 170 g/mol. The summed E-state index contributed by atoms with van der Waals surface area (Å²) in [7, 11) is 0. The minimum absolute atomic E-state index is 0.260. The minimum atomic E-state index is 0.260. The van der Waals surface area contributed by atoms with Gasteiger partial charge in [-0.3, -0.25) is 0 Å². The van der Waals surface area contributed by atoms with Gasteiger partial charge in [0.1, 0.15) is 6.10 Å². The second-order valence-corrected chi connectivity index (χ2v) is 4.35. The highest BCUT2D eigenvalue weighted by molar-refractivity contribution is 8.00. The monoisotopic (exact) mass is 187 g/mol. The molecule has 0 radical (unpaired) electrons. The van der Waals surface area contributed by atoms with E-state index in [-0.39, 0.29) is 6.10 Å². The molecule has 70 valence electrons. The van der Waals surface area contributed by atoms with Gasteiger partial charge in [0.15, 0.2) is 0 Å². The first kappa shape index (κ1) is 9.90. The molecule has 2 atom stereocenters. The van der Waals surface area contributed by atoms with E-state index in [2.05, 4.69) is 25.9 Å². The van der Waals surface area contributed by atoms with Crippen LogP contribution in [0, 0.1) is 5.92 Å². The van der Waals surface area contributed by atoms with Crippen LogP contribution in [0.3, 0.4) is 0 Å². The predicted octanol–water partition coefficient (Wildman–Crippen LogP) is 2.54. The maximum absolute atomic E-state index is 5.32. The SMILES string of the molecule is CCC(C)O/N=C1/CSCC1C. The fourth-order valence-corrected chi connectivity index (χ4v) is 2.14. The summed E-state index contributed by atoms with van der Waals surface area (Å²) in [6, 6.07) is 0. The van der Waals surface area contributed by atoms with Crippen molar-refractivity contribution >= 4 is 17.5 Å². The Labute approximate surface area is 78.7 Å². The molecular formula is C9H17NOS. The van der Waals surface area contributed by atoms with Gasteiger partial charge in [0.25, 0.3) is 0 Å². The van der Waals surface area contributed by atoms with Crippen LogP contribution >= 0.6 is 11.8 Å². The van der Waals surface area contributed by atoms with Crippen molar-refractivity contribution < 1.29 is 4.84 Å². The third-order valence-electron chi connectivity index (χ3n) is 2.11. The van der Waals surface area contributed by atoms with E-state index >= 15 is 0 Å². The van der Waals surface area contributed by atoms with Gasteiger partial charge in [0.2, 0.25) is 0 Å². The van der Waals surface area contributed by atoms with Crippen LogP contribution in [0.5, 0.6) is 0 Å². The van der Waals surface area contributed by atoms with Crippen LogP contribution in [-0.2, 0) is 4.84 Å². The van der Waals surface area contributed by atoms with Crippen LogP contribution in [0.2, 0.25) is 0 Å². The highest BCUT2D eigenvalue weighted by Crippen LogP contribution is 2.21. The van der Waals surface area contributed by atoms with Gasteiger partial charge >= 0.3 is 0 Å². The van der Waals surface area contributed by atoms with Gasteiger partial charge in [-0.1, -0.05) is 19.0 Å². The molecule has 1 heterocycles. The second kappa shape index (κ2) is 4.75. The Morgan fingerprint density at radius 3 is 3.00 bits per heavy atom. The van der Waals surface area contributed by atoms with E-state index in [1.54, 1.807) is 0 Å². The average Bonchev–Trinajstić information content (AvgIpc) is 2.47. The lowest BCUT2D eigenvalue weighted by Gasteiger charge is -2.08. The topological polar surface area (TPSA) is 21.6 Å². The van der Waals surface area contributed by atoms with E-state index in [9.17, 15) is 0 Å². The van der Waals surface area contributed by atoms with Gasteiger partial charge in [-0.05, 0) is 13.3 Å². The Morgan fingerprint density at radius 1 is 1.75 bits per heavy atom. The molecule has 1 aliphatic rings. The molecule has 0 bridgehead atoms. The lowest BCUT2D eigenvalue weighted by Crippen LogP contribution is -2.10. The smallest absolute Gasteiger partial charge is 0.124 e.